The summed E-state index contributed by atoms with van der Waals surface area (Å²) >= 11 is 0. The van der Waals surface area contributed by atoms with Crippen LogP contribution in [0.25, 0.3) is 0 Å². The van der Waals surface area contributed by atoms with Crippen LogP contribution in [0.1, 0.15) is 13.3 Å². The first-order valence-electron chi connectivity index (χ1n) is 5.20. The molecule has 2 amide bonds. The molecule has 0 rings (SSSR count). The van der Waals surface area contributed by atoms with Gasteiger partial charge >= 0.3 is 12.0 Å². The number of carbonyl (C=O) groups is 2. The molecule has 1 atom stereocenters. The number of aliphatic carboxylic acids is 1. The maximum atomic E-state index is 11.1. The Labute approximate surface area is 94.2 Å². The van der Waals surface area contributed by atoms with Crippen molar-refractivity contribution in [2.75, 3.05) is 26.2 Å². The van der Waals surface area contributed by atoms with Crippen molar-refractivity contribution in [1.82, 2.24) is 16.0 Å². The van der Waals surface area contributed by atoms with Gasteiger partial charge in [0.05, 0.1) is 6.61 Å². The summed E-state index contributed by atoms with van der Waals surface area (Å²) in [5.41, 5.74) is 0. The van der Waals surface area contributed by atoms with Crippen LogP contribution in [0.5, 0.6) is 0 Å². The second kappa shape index (κ2) is 8.93. The molecule has 0 aliphatic heterocycles. The number of aliphatic hydroxyl groups excluding tert-OH is 1. The van der Waals surface area contributed by atoms with E-state index in [0.29, 0.717) is 6.54 Å². The van der Waals surface area contributed by atoms with Crippen molar-refractivity contribution in [3.8, 4) is 0 Å². The summed E-state index contributed by atoms with van der Waals surface area (Å²) in [6, 6.07) is -1.84. The molecule has 0 aliphatic carbocycles. The van der Waals surface area contributed by atoms with E-state index < -0.39 is 24.6 Å². The number of amides is 2. The number of hydrogen-bond acceptors (Lipinski definition) is 4. The van der Waals surface area contributed by atoms with Gasteiger partial charge in [0.25, 0.3) is 0 Å². The Hall–Kier alpha value is -1.34. The summed E-state index contributed by atoms with van der Waals surface area (Å²) in [6.07, 6.45) is 0.762. The Balaban J connectivity index is 3.61. The molecule has 0 aromatic carbocycles. The SMILES string of the molecule is CCNCCCNC(=O)N[C@@H](CO)C(=O)O. The molecule has 0 aromatic heterocycles. The number of hydrogen-bond donors (Lipinski definition) is 5. The molecule has 0 bridgehead atoms. The molecule has 0 heterocycles. The summed E-state index contributed by atoms with van der Waals surface area (Å²) in [4.78, 5) is 21.6. The first-order valence-corrected chi connectivity index (χ1v) is 5.20. The van der Waals surface area contributed by atoms with Gasteiger partial charge in [0, 0.05) is 6.54 Å². The lowest BCUT2D eigenvalue weighted by Crippen LogP contribution is -2.48. The van der Waals surface area contributed by atoms with Gasteiger partial charge < -0.3 is 26.2 Å². The van der Waals surface area contributed by atoms with Crippen LogP contribution in [-0.4, -0.2) is 54.5 Å². The highest BCUT2D eigenvalue weighted by Crippen LogP contribution is 1.82. The van der Waals surface area contributed by atoms with Gasteiger partial charge in [-0.25, -0.2) is 9.59 Å². The van der Waals surface area contributed by atoms with E-state index in [2.05, 4.69) is 16.0 Å². The first kappa shape index (κ1) is 14.7. The van der Waals surface area contributed by atoms with E-state index in [4.69, 9.17) is 10.2 Å². The normalized spacial score (nSPS) is 11.9. The van der Waals surface area contributed by atoms with E-state index in [9.17, 15) is 9.59 Å². The average molecular weight is 233 g/mol. The van der Waals surface area contributed by atoms with Gasteiger partial charge in [-0.15, -0.1) is 0 Å². The van der Waals surface area contributed by atoms with Crippen molar-refractivity contribution in [3.05, 3.63) is 0 Å². The average Bonchev–Trinajstić information content (AvgIpc) is 2.25. The molecule has 0 fully saturated rings. The fraction of sp³-hybridized carbons (Fsp3) is 0.778. The molecule has 94 valence electrons. The largest absolute Gasteiger partial charge is 0.480 e. The number of carboxylic acid groups (broad SMARTS) is 1. The lowest BCUT2D eigenvalue weighted by atomic mass is 10.3. The van der Waals surface area contributed by atoms with E-state index in [1.54, 1.807) is 0 Å². The van der Waals surface area contributed by atoms with Crippen molar-refractivity contribution >= 4 is 12.0 Å². The summed E-state index contributed by atoms with van der Waals surface area (Å²) in [6.45, 7) is 3.48. The summed E-state index contributed by atoms with van der Waals surface area (Å²) in [5.74, 6) is -1.26. The minimum absolute atomic E-state index is 0.455. The lowest BCUT2D eigenvalue weighted by Gasteiger charge is -2.12. The molecule has 0 unspecified atom stereocenters. The molecule has 0 spiro atoms. The Morgan fingerprint density at radius 3 is 2.50 bits per heavy atom. The predicted molar refractivity (Wildman–Crippen MR) is 58.2 cm³/mol. The zero-order chi connectivity index (χ0) is 12.4. The lowest BCUT2D eigenvalue weighted by molar-refractivity contribution is -0.140. The second-order valence-electron chi connectivity index (χ2n) is 3.18. The highest BCUT2D eigenvalue weighted by Gasteiger charge is 2.17. The molecule has 0 saturated heterocycles. The number of aliphatic hydroxyl groups is 1. The van der Waals surface area contributed by atoms with E-state index >= 15 is 0 Å². The van der Waals surface area contributed by atoms with Gasteiger partial charge in [-0.1, -0.05) is 6.92 Å². The third-order valence-corrected chi connectivity index (χ3v) is 1.85. The van der Waals surface area contributed by atoms with E-state index in [-0.39, 0.29) is 0 Å². The van der Waals surface area contributed by atoms with Crippen LogP contribution in [-0.2, 0) is 4.79 Å². The van der Waals surface area contributed by atoms with Crippen LogP contribution in [0.4, 0.5) is 4.79 Å². The molecular formula is C9H19N3O4. The van der Waals surface area contributed by atoms with Crippen LogP contribution in [0.15, 0.2) is 0 Å². The molecule has 0 saturated carbocycles. The fourth-order valence-corrected chi connectivity index (χ4v) is 0.987. The summed E-state index contributed by atoms with van der Waals surface area (Å²) < 4.78 is 0. The van der Waals surface area contributed by atoms with Gasteiger partial charge in [0.2, 0.25) is 0 Å². The van der Waals surface area contributed by atoms with Crippen LogP contribution < -0.4 is 16.0 Å². The zero-order valence-electron chi connectivity index (χ0n) is 9.32. The first-order chi connectivity index (χ1) is 7.61. The third-order valence-electron chi connectivity index (χ3n) is 1.85. The monoisotopic (exact) mass is 233 g/mol. The Morgan fingerprint density at radius 1 is 1.31 bits per heavy atom. The van der Waals surface area contributed by atoms with Crippen LogP contribution in [0.2, 0.25) is 0 Å². The van der Waals surface area contributed by atoms with E-state index in [1.807, 2.05) is 6.92 Å². The highest BCUT2D eigenvalue weighted by atomic mass is 16.4. The van der Waals surface area contributed by atoms with Gasteiger partial charge in [0.15, 0.2) is 6.04 Å². The molecule has 0 aromatic rings. The van der Waals surface area contributed by atoms with Gasteiger partial charge in [-0.2, -0.15) is 0 Å². The number of nitrogens with one attached hydrogen (secondary N) is 3. The molecule has 16 heavy (non-hydrogen) atoms. The zero-order valence-corrected chi connectivity index (χ0v) is 9.32. The Morgan fingerprint density at radius 2 is 2.00 bits per heavy atom. The van der Waals surface area contributed by atoms with Gasteiger partial charge in [0.1, 0.15) is 0 Å². The molecule has 0 radical (unpaired) electrons. The minimum atomic E-state index is -1.26. The quantitative estimate of drug-likeness (QED) is 0.336. The molecule has 7 heteroatoms. The van der Waals surface area contributed by atoms with Crippen molar-refractivity contribution in [2.45, 2.75) is 19.4 Å². The van der Waals surface area contributed by atoms with Crippen LogP contribution in [0, 0.1) is 0 Å². The third kappa shape index (κ3) is 7.02. The number of carboxylic acids is 1. The molecular weight excluding hydrogens is 214 g/mol. The van der Waals surface area contributed by atoms with E-state index in [1.165, 1.54) is 0 Å². The maximum absolute atomic E-state index is 11.1. The fourth-order valence-electron chi connectivity index (χ4n) is 0.987. The van der Waals surface area contributed by atoms with Crippen LogP contribution >= 0.6 is 0 Å². The second-order valence-corrected chi connectivity index (χ2v) is 3.18. The van der Waals surface area contributed by atoms with Crippen molar-refractivity contribution in [1.29, 1.82) is 0 Å². The summed E-state index contributed by atoms with van der Waals surface area (Å²) in [5, 5.41) is 24.9. The Bertz CT molecular complexity index is 223. The molecule has 7 nitrogen and oxygen atoms in total. The highest BCUT2D eigenvalue weighted by molar-refractivity contribution is 5.82. The van der Waals surface area contributed by atoms with Crippen molar-refractivity contribution in [2.24, 2.45) is 0 Å². The summed E-state index contributed by atoms with van der Waals surface area (Å²) in [7, 11) is 0. The number of rotatable bonds is 8. The standard InChI is InChI=1S/C9H19N3O4/c1-2-10-4-3-5-11-9(16)12-7(6-13)8(14)15/h7,10,13H,2-6H2,1H3,(H,14,15)(H2,11,12,16)/t7-/m0/s1. The maximum Gasteiger partial charge on any atom is 0.328 e. The Kier molecular flexibility index (Phi) is 8.18. The number of urea groups is 1. The smallest absolute Gasteiger partial charge is 0.328 e. The van der Waals surface area contributed by atoms with Crippen molar-refractivity contribution in [3.63, 3.8) is 0 Å². The van der Waals surface area contributed by atoms with Gasteiger partial charge in [-0.05, 0) is 19.5 Å². The van der Waals surface area contributed by atoms with Gasteiger partial charge in [-0.3, -0.25) is 0 Å². The minimum Gasteiger partial charge on any atom is -0.480 e. The predicted octanol–water partition coefficient (Wildman–Crippen LogP) is -1.27. The van der Waals surface area contributed by atoms with Crippen LogP contribution in [0.3, 0.4) is 0 Å². The number of carbonyl (C=O) groups excluding carboxylic acids is 1. The topological polar surface area (TPSA) is 111 Å². The van der Waals surface area contributed by atoms with E-state index in [0.717, 1.165) is 19.5 Å². The molecule has 5 N–H and O–H groups in total. The van der Waals surface area contributed by atoms with Crippen molar-refractivity contribution < 1.29 is 19.8 Å². The molecule has 0 aliphatic rings.